The Kier molecular flexibility index (Phi) is 9.75. The molecule has 188 valence electrons. The molecular formula is C28H34Cl2N2O3. The average molecular weight is 517 g/mol. The average Bonchev–Trinajstić information content (AvgIpc) is 3.21. The van der Waals surface area contributed by atoms with E-state index in [0.29, 0.717) is 22.9 Å². The van der Waals surface area contributed by atoms with Crippen molar-refractivity contribution in [3.05, 3.63) is 69.7 Å². The van der Waals surface area contributed by atoms with E-state index in [2.05, 4.69) is 25.2 Å². The fraction of sp³-hybridized carbons (Fsp3) is 0.500. The van der Waals surface area contributed by atoms with Crippen LogP contribution in [0, 0.1) is 17.2 Å². The largest absolute Gasteiger partial charge is 0.394 e. The first-order valence-corrected chi connectivity index (χ1v) is 13.1. The molecule has 5 nitrogen and oxygen atoms in total. The Bertz CT molecular complexity index is 1040. The van der Waals surface area contributed by atoms with E-state index in [1.165, 1.54) is 0 Å². The van der Waals surface area contributed by atoms with Gasteiger partial charge in [-0.05, 0) is 54.2 Å². The Labute approximate surface area is 218 Å². The summed E-state index contributed by atoms with van der Waals surface area (Å²) in [5.41, 5.74) is 0.644. The van der Waals surface area contributed by atoms with E-state index < -0.39 is 23.5 Å². The van der Waals surface area contributed by atoms with Crippen molar-refractivity contribution in [1.29, 1.82) is 5.26 Å². The van der Waals surface area contributed by atoms with Crippen LogP contribution in [-0.2, 0) is 10.2 Å². The smallest absolute Gasteiger partial charge is 0.150 e. The molecule has 1 heterocycles. The summed E-state index contributed by atoms with van der Waals surface area (Å²) >= 11 is 12.6. The van der Waals surface area contributed by atoms with Gasteiger partial charge in [-0.2, -0.15) is 5.26 Å². The van der Waals surface area contributed by atoms with Crippen molar-refractivity contribution >= 4 is 29.0 Å². The van der Waals surface area contributed by atoms with Crippen LogP contribution < -0.4 is 5.32 Å². The summed E-state index contributed by atoms with van der Waals surface area (Å²) in [5.74, 6) is -0.309. The highest BCUT2D eigenvalue weighted by Gasteiger charge is 2.60. The molecule has 2 aromatic carbocycles. The van der Waals surface area contributed by atoms with Crippen molar-refractivity contribution in [3.63, 3.8) is 0 Å². The maximum atomic E-state index is 13.6. The lowest BCUT2D eigenvalue weighted by Gasteiger charge is -2.38. The first-order valence-electron chi connectivity index (χ1n) is 12.3. The van der Waals surface area contributed by atoms with Crippen LogP contribution in [0.4, 0.5) is 0 Å². The van der Waals surface area contributed by atoms with E-state index in [-0.39, 0.29) is 30.8 Å². The lowest BCUT2D eigenvalue weighted by atomic mass is 9.62. The van der Waals surface area contributed by atoms with Crippen molar-refractivity contribution in [1.82, 2.24) is 5.32 Å². The lowest BCUT2D eigenvalue weighted by molar-refractivity contribution is -0.121. The van der Waals surface area contributed by atoms with Crippen molar-refractivity contribution in [2.75, 3.05) is 6.61 Å². The fourth-order valence-electron chi connectivity index (χ4n) is 5.63. The highest BCUT2D eigenvalue weighted by molar-refractivity contribution is 6.30. The van der Waals surface area contributed by atoms with Crippen LogP contribution in [0.25, 0.3) is 0 Å². The van der Waals surface area contributed by atoms with Crippen LogP contribution in [0.15, 0.2) is 48.5 Å². The Hall–Kier alpha value is -1.94. The molecule has 35 heavy (non-hydrogen) atoms. The van der Waals surface area contributed by atoms with Gasteiger partial charge >= 0.3 is 0 Å². The second-order valence-electron chi connectivity index (χ2n) is 9.41. The number of hydrogen-bond donors (Lipinski definition) is 3. The predicted octanol–water partition coefficient (Wildman–Crippen LogP) is 5.41. The van der Waals surface area contributed by atoms with Crippen molar-refractivity contribution in [2.24, 2.45) is 5.92 Å². The first kappa shape index (κ1) is 27.6. The summed E-state index contributed by atoms with van der Waals surface area (Å²) in [6.07, 6.45) is 1.91. The molecule has 0 spiro atoms. The number of rotatable bonds is 11. The third kappa shape index (κ3) is 5.74. The molecule has 0 aliphatic carbocycles. The second kappa shape index (κ2) is 12.3. The lowest BCUT2D eigenvalue weighted by Crippen LogP contribution is -2.46. The van der Waals surface area contributed by atoms with Gasteiger partial charge in [0.25, 0.3) is 0 Å². The molecule has 0 aromatic heterocycles. The molecule has 0 radical (unpaired) electrons. The number of nitriles is 1. The van der Waals surface area contributed by atoms with E-state index in [1.54, 1.807) is 18.2 Å². The number of hydrogen-bond acceptors (Lipinski definition) is 5. The summed E-state index contributed by atoms with van der Waals surface area (Å²) in [6, 6.07) is 16.6. The topological polar surface area (TPSA) is 93.3 Å². The molecule has 3 rings (SSSR count). The van der Waals surface area contributed by atoms with Crippen LogP contribution in [-0.4, -0.2) is 40.8 Å². The number of ketones is 1. The molecule has 2 aromatic rings. The zero-order chi connectivity index (χ0) is 25.6. The number of aliphatic hydroxyl groups is 2. The molecule has 0 saturated carbocycles. The molecule has 1 aliphatic heterocycles. The number of benzene rings is 2. The van der Waals surface area contributed by atoms with Gasteiger partial charge in [0.1, 0.15) is 11.2 Å². The molecule has 1 saturated heterocycles. The zero-order valence-electron chi connectivity index (χ0n) is 20.3. The van der Waals surface area contributed by atoms with Gasteiger partial charge in [0.05, 0.1) is 24.8 Å². The summed E-state index contributed by atoms with van der Waals surface area (Å²) < 4.78 is 0. The van der Waals surface area contributed by atoms with Crippen molar-refractivity contribution in [3.8, 4) is 6.07 Å². The third-order valence-corrected chi connectivity index (χ3v) is 7.91. The number of nitrogens with one attached hydrogen (secondary N) is 1. The van der Waals surface area contributed by atoms with Gasteiger partial charge in [0.15, 0.2) is 0 Å². The number of carbonyl (C=O) groups is 1. The molecule has 0 amide bonds. The highest BCUT2D eigenvalue weighted by atomic mass is 35.5. The van der Waals surface area contributed by atoms with Gasteiger partial charge in [0.2, 0.25) is 0 Å². The predicted molar refractivity (Wildman–Crippen MR) is 140 cm³/mol. The van der Waals surface area contributed by atoms with Crippen LogP contribution in [0.3, 0.4) is 0 Å². The second-order valence-corrected chi connectivity index (χ2v) is 10.3. The SMILES string of the molecule is CCC(CC)[C@@H]1N[C@@H](C(=O)CCC[C@H](O)CO)[C@H](c2cccc(Cl)c2)[C@@]1(C#N)c1ccc(Cl)cc1. The monoisotopic (exact) mass is 516 g/mol. The van der Waals surface area contributed by atoms with Crippen LogP contribution in [0.2, 0.25) is 10.0 Å². The van der Waals surface area contributed by atoms with Crippen LogP contribution >= 0.6 is 23.2 Å². The first-order chi connectivity index (χ1) is 16.8. The Morgan fingerprint density at radius 2 is 1.83 bits per heavy atom. The number of nitrogens with zero attached hydrogens (tertiary/aromatic N) is 1. The van der Waals surface area contributed by atoms with Crippen LogP contribution in [0.1, 0.15) is 63.0 Å². The minimum Gasteiger partial charge on any atom is -0.394 e. The van der Waals surface area contributed by atoms with Gasteiger partial charge in [-0.25, -0.2) is 0 Å². The van der Waals surface area contributed by atoms with E-state index in [0.717, 1.165) is 24.0 Å². The molecule has 1 aliphatic rings. The summed E-state index contributed by atoms with van der Waals surface area (Å²) in [6.45, 7) is 3.89. The maximum Gasteiger partial charge on any atom is 0.150 e. The van der Waals surface area contributed by atoms with Gasteiger partial charge < -0.3 is 15.5 Å². The molecule has 1 fully saturated rings. The highest BCUT2D eigenvalue weighted by Crippen LogP contribution is 2.52. The molecule has 3 N–H and O–H groups in total. The minimum absolute atomic E-state index is 0.0119. The van der Waals surface area contributed by atoms with Gasteiger partial charge in [-0.15, -0.1) is 0 Å². The maximum absolute atomic E-state index is 13.6. The summed E-state index contributed by atoms with van der Waals surface area (Å²) in [4.78, 5) is 13.6. The van der Waals surface area contributed by atoms with Gasteiger partial charge in [-0.1, -0.05) is 74.2 Å². The fourth-order valence-corrected chi connectivity index (χ4v) is 5.95. The molecule has 7 heteroatoms. The zero-order valence-corrected chi connectivity index (χ0v) is 21.8. The quantitative estimate of drug-likeness (QED) is 0.371. The van der Waals surface area contributed by atoms with E-state index in [1.807, 2.05) is 30.3 Å². The molecule has 5 atom stereocenters. The van der Waals surface area contributed by atoms with Gasteiger partial charge in [-0.3, -0.25) is 4.79 Å². The Morgan fingerprint density at radius 1 is 1.14 bits per heavy atom. The van der Waals surface area contributed by atoms with Crippen LogP contribution in [0.5, 0.6) is 0 Å². The van der Waals surface area contributed by atoms with E-state index in [4.69, 9.17) is 28.3 Å². The molecular weight excluding hydrogens is 483 g/mol. The molecule has 0 bridgehead atoms. The summed E-state index contributed by atoms with van der Waals surface area (Å²) in [7, 11) is 0. The van der Waals surface area contributed by atoms with E-state index >= 15 is 0 Å². The third-order valence-electron chi connectivity index (χ3n) is 7.43. The number of Topliss-reactive ketones (excluding diaryl/α,β-unsaturated/α-hetero) is 1. The van der Waals surface area contributed by atoms with Crippen molar-refractivity contribution < 1.29 is 15.0 Å². The number of carbonyl (C=O) groups excluding carboxylic acids is 1. The number of halogens is 2. The minimum atomic E-state index is -1.02. The standard InChI is InChI=1S/C28H34Cl2N2O3/c1-3-18(4-2)27-28(17-31,20-11-13-21(29)14-12-20)25(19-7-5-8-22(30)15-19)26(32-27)24(35)10-6-9-23(34)16-33/h5,7-8,11-15,18,23,25-27,32-34H,3-4,6,9-10,16H2,1-2H3/t23-,25-,26-,27-,28+/m0/s1. The Balaban J connectivity index is 2.16. The number of aliphatic hydroxyl groups excluding tert-OH is 2. The molecule has 0 unspecified atom stereocenters. The normalized spacial score (nSPS) is 24.9. The van der Waals surface area contributed by atoms with Crippen molar-refractivity contribution in [2.45, 2.75) is 75.5 Å². The van der Waals surface area contributed by atoms with Gasteiger partial charge in [0, 0.05) is 28.4 Å². The Morgan fingerprint density at radius 3 is 2.40 bits per heavy atom. The summed E-state index contributed by atoms with van der Waals surface area (Å²) in [5, 5.41) is 34.5. The van der Waals surface area contributed by atoms with E-state index in [9.17, 15) is 15.2 Å².